The third-order valence-corrected chi connectivity index (χ3v) is 7.80. The number of rotatable bonds is 9. The lowest BCUT2D eigenvalue weighted by molar-refractivity contribution is 0.0360. The molecule has 5 heterocycles. The molecule has 2 aliphatic rings. The number of aromatic nitrogens is 7. The molecule has 12 heteroatoms. The van der Waals surface area contributed by atoms with Crippen molar-refractivity contribution in [1.29, 1.82) is 0 Å². The minimum Gasteiger partial charge on any atom is -0.473 e. The van der Waals surface area contributed by atoms with Gasteiger partial charge in [0.15, 0.2) is 0 Å². The van der Waals surface area contributed by atoms with Crippen LogP contribution in [0, 0.1) is 0 Å². The minimum atomic E-state index is -0.147. The topological polar surface area (TPSA) is 117 Å². The second-order valence-corrected chi connectivity index (χ2v) is 10.5. The van der Waals surface area contributed by atoms with E-state index in [-0.39, 0.29) is 17.7 Å². The quantitative estimate of drug-likeness (QED) is 0.338. The van der Waals surface area contributed by atoms with Crippen LogP contribution in [0.15, 0.2) is 41.5 Å². The van der Waals surface area contributed by atoms with Crippen molar-refractivity contribution in [3.63, 3.8) is 0 Å². The molecule has 1 aliphatic carbocycles. The van der Waals surface area contributed by atoms with Gasteiger partial charge in [0, 0.05) is 69.2 Å². The van der Waals surface area contributed by atoms with Crippen molar-refractivity contribution in [1.82, 2.24) is 39.2 Å². The number of pyridine rings is 1. The lowest BCUT2D eigenvalue weighted by Crippen LogP contribution is -2.38. The van der Waals surface area contributed by atoms with E-state index in [1.165, 1.54) is 10.7 Å². The standard InChI is InChI=1S/C28H37N9O3/c1-3-29-25-18-24-22(19-30-25)28(23-10-11-36(31-23)13-12-35-14-16-39-17-15-35)33-37(24)20-4-6-21(7-5-20)40-26-8-9-27(38)34(2)32-26/h8-11,18-21H,3-7,12-17H2,1-2H3,(H,29,30). The molecule has 0 atom stereocenters. The molecular formula is C28H37N9O3. The number of hydrogen-bond acceptors (Lipinski definition) is 9. The Morgan fingerprint density at radius 3 is 2.65 bits per heavy atom. The van der Waals surface area contributed by atoms with E-state index >= 15 is 0 Å². The molecule has 40 heavy (non-hydrogen) atoms. The normalized spacial score (nSPS) is 20.1. The number of nitrogens with zero attached hydrogens (tertiary/aromatic N) is 8. The smallest absolute Gasteiger partial charge is 0.266 e. The number of nitrogens with one attached hydrogen (secondary N) is 1. The van der Waals surface area contributed by atoms with Gasteiger partial charge in [-0.3, -0.25) is 19.1 Å². The summed E-state index contributed by atoms with van der Waals surface area (Å²) in [6.45, 7) is 8.19. The van der Waals surface area contributed by atoms with Crippen molar-refractivity contribution in [2.24, 2.45) is 7.05 Å². The highest BCUT2D eigenvalue weighted by Gasteiger charge is 2.27. The fraction of sp³-hybridized carbons (Fsp3) is 0.536. The van der Waals surface area contributed by atoms with Gasteiger partial charge >= 0.3 is 0 Å². The van der Waals surface area contributed by atoms with Crippen molar-refractivity contribution in [2.45, 2.75) is 51.3 Å². The van der Waals surface area contributed by atoms with Gasteiger partial charge in [-0.15, -0.1) is 5.10 Å². The van der Waals surface area contributed by atoms with Crippen LogP contribution >= 0.6 is 0 Å². The average molecular weight is 548 g/mol. The first-order chi connectivity index (χ1) is 19.6. The second kappa shape index (κ2) is 11.8. The monoisotopic (exact) mass is 547 g/mol. The van der Waals surface area contributed by atoms with Crippen LogP contribution in [0.4, 0.5) is 5.82 Å². The highest BCUT2D eigenvalue weighted by Crippen LogP contribution is 2.36. The van der Waals surface area contributed by atoms with Crippen LogP contribution < -0.4 is 15.6 Å². The Labute approximate surface area is 232 Å². The number of morpholine rings is 1. The molecule has 212 valence electrons. The zero-order valence-corrected chi connectivity index (χ0v) is 23.2. The molecule has 0 radical (unpaired) electrons. The first-order valence-electron chi connectivity index (χ1n) is 14.2. The summed E-state index contributed by atoms with van der Waals surface area (Å²) in [5.41, 5.74) is 2.64. The Bertz CT molecular complexity index is 1500. The van der Waals surface area contributed by atoms with Crippen LogP contribution in [0.5, 0.6) is 5.88 Å². The number of hydrogen-bond donors (Lipinski definition) is 1. The number of ether oxygens (including phenoxy) is 2. The molecule has 0 unspecified atom stereocenters. The van der Waals surface area contributed by atoms with Crippen LogP contribution in [0.3, 0.4) is 0 Å². The highest BCUT2D eigenvalue weighted by atomic mass is 16.5. The van der Waals surface area contributed by atoms with E-state index in [0.29, 0.717) is 5.88 Å². The van der Waals surface area contributed by atoms with Gasteiger partial charge in [0.2, 0.25) is 5.88 Å². The lowest BCUT2D eigenvalue weighted by atomic mass is 9.93. The van der Waals surface area contributed by atoms with Crippen LogP contribution in [0.2, 0.25) is 0 Å². The summed E-state index contributed by atoms with van der Waals surface area (Å²) >= 11 is 0. The third kappa shape index (κ3) is 5.73. The Morgan fingerprint density at radius 2 is 1.88 bits per heavy atom. The maximum atomic E-state index is 11.7. The summed E-state index contributed by atoms with van der Waals surface area (Å²) < 4.78 is 17.1. The Balaban J connectivity index is 1.20. The van der Waals surface area contributed by atoms with Gasteiger partial charge in [0.05, 0.1) is 31.3 Å². The maximum Gasteiger partial charge on any atom is 0.266 e. The zero-order chi connectivity index (χ0) is 27.5. The van der Waals surface area contributed by atoms with Gasteiger partial charge in [0.25, 0.3) is 5.56 Å². The Kier molecular flexibility index (Phi) is 7.78. The van der Waals surface area contributed by atoms with Gasteiger partial charge in [0.1, 0.15) is 23.3 Å². The maximum absolute atomic E-state index is 11.7. The van der Waals surface area contributed by atoms with E-state index in [2.05, 4.69) is 44.0 Å². The van der Waals surface area contributed by atoms with Gasteiger partial charge in [-0.2, -0.15) is 10.2 Å². The van der Waals surface area contributed by atoms with E-state index in [1.54, 1.807) is 13.1 Å². The fourth-order valence-corrected chi connectivity index (χ4v) is 5.58. The molecule has 6 rings (SSSR count). The van der Waals surface area contributed by atoms with Gasteiger partial charge in [-0.05, 0) is 38.7 Å². The summed E-state index contributed by atoms with van der Waals surface area (Å²) in [5.74, 6) is 1.33. The molecular weight excluding hydrogens is 510 g/mol. The van der Waals surface area contributed by atoms with E-state index in [1.807, 2.05) is 17.1 Å². The molecule has 1 saturated carbocycles. The highest BCUT2D eigenvalue weighted by molar-refractivity contribution is 5.93. The summed E-state index contributed by atoms with van der Waals surface area (Å²) in [6.07, 6.45) is 7.64. The SMILES string of the molecule is CCNc1cc2c(cn1)c(-c1ccn(CCN3CCOCC3)n1)nn2C1CCC(Oc2ccc(=O)n(C)n2)CC1. The number of anilines is 1. The van der Waals surface area contributed by atoms with Crippen LogP contribution in [0.25, 0.3) is 22.3 Å². The van der Waals surface area contributed by atoms with Crippen LogP contribution in [0.1, 0.15) is 38.6 Å². The molecule has 2 fully saturated rings. The average Bonchev–Trinajstić information content (AvgIpc) is 3.60. The van der Waals surface area contributed by atoms with E-state index in [0.717, 1.165) is 99.7 Å². The van der Waals surface area contributed by atoms with E-state index in [4.69, 9.17) is 19.7 Å². The molecule has 0 aromatic carbocycles. The predicted octanol–water partition coefficient (Wildman–Crippen LogP) is 2.72. The summed E-state index contributed by atoms with van der Waals surface area (Å²) in [5, 5.41) is 18.6. The largest absolute Gasteiger partial charge is 0.473 e. The molecule has 1 aliphatic heterocycles. The predicted molar refractivity (Wildman–Crippen MR) is 152 cm³/mol. The lowest BCUT2D eigenvalue weighted by Gasteiger charge is -2.29. The second-order valence-electron chi connectivity index (χ2n) is 10.5. The van der Waals surface area contributed by atoms with Crippen molar-refractivity contribution in [3.05, 3.63) is 47.0 Å². The van der Waals surface area contributed by atoms with E-state index in [9.17, 15) is 4.79 Å². The molecule has 0 bridgehead atoms. The fourth-order valence-electron chi connectivity index (χ4n) is 5.58. The van der Waals surface area contributed by atoms with Crippen LogP contribution in [-0.2, 0) is 18.3 Å². The van der Waals surface area contributed by atoms with Gasteiger partial charge in [-0.1, -0.05) is 0 Å². The Morgan fingerprint density at radius 1 is 1.05 bits per heavy atom. The Hall–Kier alpha value is -3.77. The molecule has 4 aromatic rings. The first kappa shape index (κ1) is 26.5. The molecule has 0 amide bonds. The van der Waals surface area contributed by atoms with Crippen LogP contribution in [-0.4, -0.2) is 84.7 Å². The summed E-state index contributed by atoms with van der Waals surface area (Å²) in [4.78, 5) is 18.7. The van der Waals surface area contributed by atoms with Crippen molar-refractivity contribution in [2.75, 3.05) is 44.7 Å². The minimum absolute atomic E-state index is 0.0590. The van der Waals surface area contributed by atoms with Crippen molar-refractivity contribution in [3.8, 4) is 17.3 Å². The zero-order valence-electron chi connectivity index (χ0n) is 23.2. The van der Waals surface area contributed by atoms with Crippen molar-refractivity contribution >= 4 is 16.7 Å². The van der Waals surface area contributed by atoms with Crippen molar-refractivity contribution < 1.29 is 9.47 Å². The van der Waals surface area contributed by atoms with Gasteiger partial charge in [-0.25, -0.2) is 9.67 Å². The summed E-state index contributed by atoms with van der Waals surface area (Å²) in [6, 6.07) is 7.53. The third-order valence-electron chi connectivity index (χ3n) is 7.80. The first-order valence-corrected chi connectivity index (χ1v) is 14.2. The number of aryl methyl sites for hydroxylation is 1. The molecule has 1 saturated heterocycles. The number of fused-ring (bicyclic) bond motifs is 1. The van der Waals surface area contributed by atoms with E-state index < -0.39 is 0 Å². The van der Waals surface area contributed by atoms with Gasteiger partial charge < -0.3 is 14.8 Å². The molecule has 4 aromatic heterocycles. The molecule has 12 nitrogen and oxygen atoms in total. The molecule has 1 N–H and O–H groups in total. The summed E-state index contributed by atoms with van der Waals surface area (Å²) in [7, 11) is 1.64. The molecule has 0 spiro atoms.